The lowest BCUT2D eigenvalue weighted by atomic mass is 9.90. The number of benzene rings is 1. The number of nitrogens with one attached hydrogen (secondary N) is 1. The van der Waals surface area contributed by atoms with Crippen molar-refractivity contribution in [1.29, 1.82) is 0 Å². The van der Waals surface area contributed by atoms with Crippen LogP contribution in [0.15, 0.2) is 28.7 Å². The number of rotatable bonds is 5. The van der Waals surface area contributed by atoms with E-state index in [4.69, 9.17) is 5.73 Å². The SMILES string of the molecule is CCCC(C)(N)C(=O)NC(C)(C)c1ccc(Br)cc1. The van der Waals surface area contributed by atoms with Crippen LogP contribution >= 0.6 is 15.9 Å². The molecule has 1 amide bonds. The zero-order chi connectivity index (χ0) is 14.7. The highest BCUT2D eigenvalue weighted by Crippen LogP contribution is 2.23. The first-order valence-electron chi connectivity index (χ1n) is 6.56. The predicted molar refractivity (Wildman–Crippen MR) is 82.8 cm³/mol. The van der Waals surface area contributed by atoms with E-state index in [9.17, 15) is 4.79 Å². The monoisotopic (exact) mass is 326 g/mol. The molecule has 4 heteroatoms. The quantitative estimate of drug-likeness (QED) is 0.872. The number of halogens is 1. The molecule has 3 N–H and O–H groups in total. The molecule has 1 atom stereocenters. The van der Waals surface area contributed by atoms with Gasteiger partial charge >= 0.3 is 0 Å². The van der Waals surface area contributed by atoms with Gasteiger partial charge in [0.2, 0.25) is 5.91 Å². The van der Waals surface area contributed by atoms with Crippen molar-refractivity contribution in [3.63, 3.8) is 0 Å². The van der Waals surface area contributed by atoms with E-state index in [2.05, 4.69) is 21.2 Å². The lowest BCUT2D eigenvalue weighted by Crippen LogP contribution is -2.56. The summed E-state index contributed by atoms with van der Waals surface area (Å²) in [5.74, 6) is -0.109. The largest absolute Gasteiger partial charge is 0.346 e. The maximum Gasteiger partial charge on any atom is 0.240 e. The van der Waals surface area contributed by atoms with E-state index >= 15 is 0 Å². The fourth-order valence-corrected chi connectivity index (χ4v) is 2.26. The first-order chi connectivity index (χ1) is 8.69. The van der Waals surface area contributed by atoms with Gasteiger partial charge in [-0.3, -0.25) is 4.79 Å². The summed E-state index contributed by atoms with van der Waals surface area (Å²) in [5, 5.41) is 3.04. The van der Waals surface area contributed by atoms with Crippen molar-refractivity contribution in [2.45, 2.75) is 51.6 Å². The summed E-state index contributed by atoms with van der Waals surface area (Å²) in [7, 11) is 0. The van der Waals surface area contributed by atoms with Gasteiger partial charge in [-0.25, -0.2) is 0 Å². The molecule has 0 aliphatic heterocycles. The van der Waals surface area contributed by atoms with Gasteiger partial charge in [0.15, 0.2) is 0 Å². The van der Waals surface area contributed by atoms with Crippen molar-refractivity contribution in [1.82, 2.24) is 5.32 Å². The van der Waals surface area contributed by atoms with Crippen LogP contribution in [0.4, 0.5) is 0 Å². The van der Waals surface area contributed by atoms with Gasteiger partial charge in [-0.05, 0) is 44.9 Å². The Bertz CT molecular complexity index is 438. The van der Waals surface area contributed by atoms with Crippen LogP contribution in [0.3, 0.4) is 0 Å². The highest BCUT2D eigenvalue weighted by atomic mass is 79.9. The van der Waals surface area contributed by atoms with Crippen LogP contribution in [0.2, 0.25) is 0 Å². The lowest BCUT2D eigenvalue weighted by Gasteiger charge is -2.32. The molecule has 1 aromatic rings. The highest BCUT2D eigenvalue weighted by Gasteiger charge is 2.32. The van der Waals surface area contributed by atoms with E-state index < -0.39 is 11.1 Å². The first-order valence-corrected chi connectivity index (χ1v) is 7.36. The molecule has 1 aromatic carbocycles. The molecule has 0 bridgehead atoms. The summed E-state index contributed by atoms with van der Waals surface area (Å²) in [6.07, 6.45) is 1.56. The minimum Gasteiger partial charge on any atom is -0.346 e. The van der Waals surface area contributed by atoms with Crippen LogP contribution in [0.1, 0.15) is 46.1 Å². The van der Waals surface area contributed by atoms with Gasteiger partial charge in [-0.2, -0.15) is 0 Å². The standard InChI is InChI=1S/C15H23BrN2O/c1-5-10-15(4,17)13(19)18-14(2,3)11-6-8-12(16)9-7-11/h6-9H,5,10,17H2,1-4H3,(H,18,19). The Morgan fingerprint density at radius 2 is 1.79 bits per heavy atom. The Balaban J connectivity index is 2.85. The van der Waals surface area contributed by atoms with Gasteiger partial charge in [0.1, 0.15) is 0 Å². The Morgan fingerprint density at radius 1 is 1.26 bits per heavy atom. The molecule has 1 rings (SSSR count). The van der Waals surface area contributed by atoms with Crippen molar-refractivity contribution in [3.05, 3.63) is 34.3 Å². The Hall–Kier alpha value is -0.870. The molecule has 19 heavy (non-hydrogen) atoms. The van der Waals surface area contributed by atoms with Crippen LogP contribution in [0.25, 0.3) is 0 Å². The maximum atomic E-state index is 12.3. The van der Waals surface area contributed by atoms with E-state index in [0.717, 1.165) is 16.5 Å². The van der Waals surface area contributed by atoms with E-state index in [1.165, 1.54) is 0 Å². The van der Waals surface area contributed by atoms with Gasteiger partial charge in [0.25, 0.3) is 0 Å². The fourth-order valence-electron chi connectivity index (χ4n) is 2.00. The molecule has 0 saturated carbocycles. The van der Waals surface area contributed by atoms with Crippen LogP contribution in [-0.4, -0.2) is 11.4 Å². The first kappa shape index (κ1) is 16.2. The number of amides is 1. The summed E-state index contributed by atoms with van der Waals surface area (Å²) in [4.78, 5) is 12.3. The van der Waals surface area contributed by atoms with Crippen LogP contribution in [0.5, 0.6) is 0 Å². The predicted octanol–water partition coefficient (Wildman–Crippen LogP) is 3.32. The average molecular weight is 327 g/mol. The number of carbonyl (C=O) groups is 1. The third kappa shape index (κ3) is 4.32. The van der Waals surface area contributed by atoms with Crippen molar-refractivity contribution in [2.75, 3.05) is 0 Å². The van der Waals surface area contributed by atoms with E-state index in [1.54, 1.807) is 6.92 Å². The van der Waals surface area contributed by atoms with Crippen LogP contribution in [0, 0.1) is 0 Å². The third-order valence-electron chi connectivity index (χ3n) is 3.28. The normalized spacial score (nSPS) is 14.8. The number of nitrogens with two attached hydrogens (primary N) is 1. The molecule has 0 saturated heterocycles. The van der Waals surface area contributed by atoms with Crippen molar-refractivity contribution in [3.8, 4) is 0 Å². The van der Waals surface area contributed by atoms with Gasteiger partial charge in [0.05, 0.1) is 11.1 Å². The van der Waals surface area contributed by atoms with Crippen molar-refractivity contribution in [2.24, 2.45) is 5.73 Å². The summed E-state index contributed by atoms with van der Waals surface area (Å²) in [5.41, 5.74) is 5.86. The van der Waals surface area contributed by atoms with Gasteiger partial charge in [-0.1, -0.05) is 41.4 Å². The summed E-state index contributed by atoms with van der Waals surface area (Å²) in [6.45, 7) is 7.77. The highest BCUT2D eigenvalue weighted by molar-refractivity contribution is 9.10. The number of carbonyl (C=O) groups excluding carboxylic acids is 1. The minimum absolute atomic E-state index is 0.109. The maximum absolute atomic E-state index is 12.3. The van der Waals surface area contributed by atoms with Gasteiger partial charge < -0.3 is 11.1 Å². The zero-order valence-corrected chi connectivity index (χ0v) is 13.7. The minimum atomic E-state index is -0.818. The molecule has 0 spiro atoms. The summed E-state index contributed by atoms with van der Waals surface area (Å²) >= 11 is 3.41. The second-order valence-corrected chi connectivity index (χ2v) is 6.67. The van der Waals surface area contributed by atoms with Crippen LogP contribution < -0.4 is 11.1 Å². The van der Waals surface area contributed by atoms with Crippen LogP contribution in [-0.2, 0) is 10.3 Å². The average Bonchev–Trinajstić information content (AvgIpc) is 2.28. The number of hydrogen-bond acceptors (Lipinski definition) is 2. The molecular weight excluding hydrogens is 304 g/mol. The smallest absolute Gasteiger partial charge is 0.240 e. The molecular formula is C15H23BrN2O. The Kier molecular flexibility index (Phi) is 5.16. The van der Waals surface area contributed by atoms with Gasteiger partial charge in [-0.15, -0.1) is 0 Å². The molecule has 1 unspecified atom stereocenters. The molecule has 0 fully saturated rings. The Labute approximate surface area is 124 Å². The molecule has 3 nitrogen and oxygen atoms in total. The third-order valence-corrected chi connectivity index (χ3v) is 3.81. The number of hydrogen-bond donors (Lipinski definition) is 2. The molecule has 106 valence electrons. The Morgan fingerprint density at radius 3 is 2.26 bits per heavy atom. The van der Waals surface area contributed by atoms with Crippen molar-refractivity contribution < 1.29 is 4.79 Å². The van der Waals surface area contributed by atoms with E-state index in [-0.39, 0.29) is 5.91 Å². The van der Waals surface area contributed by atoms with E-state index in [1.807, 2.05) is 45.0 Å². The second-order valence-electron chi connectivity index (χ2n) is 5.75. The zero-order valence-electron chi connectivity index (χ0n) is 12.1. The fraction of sp³-hybridized carbons (Fsp3) is 0.533. The molecule has 0 aliphatic carbocycles. The second kappa shape index (κ2) is 6.06. The molecule has 0 heterocycles. The lowest BCUT2D eigenvalue weighted by molar-refractivity contribution is -0.127. The topological polar surface area (TPSA) is 55.1 Å². The summed E-state index contributed by atoms with van der Waals surface area (Å²) < 4.78 is 1.02. The van der Waals surface area contributed by atoms with E-state index in [0.29, 0.717) is 6.42 Å². The molecule has 0 aromatic heterocycles. The van der Waals surface area contributed by atoms with Crippen molar-refractivity contribution >= 4 is 21.8 Å². The molecule has 0 radical (unpaired) electrons. The van der Waals surface area contributed by atoms with Gasteiger partial charge in [0, 0.05) is 4.47 Å². The molecule has 0 aliphatic rings. The summed E-state index contributed by atoms with van der Waals surface area (Å²) in [6, 6.07) is 7.93.